The molecule has 1 unspecified atom stereocenters. The standard InChI is InChI=1S/C44H57N3O2/c1-41(27-9-3-2-4-10-27)40-31-16-14-28(23-48)43(40,46)24-44(49-41)33-21-42(18-5-6-19-42)20-32-35(26-13-17-34(45)47-22-26)29-11-7-8-25-12-15-30(39(31)44)38(36(25)29)37(32)33/h7-8,11-13,15,17,22,27-28,31-35,37,39-40,47-48H,2-6,9-10,14,16,18-21,23-24,45-46H2,1H3/t28-,31-,32-,33+,34?,35-,37-,39-,40-,41+,43+,44-/m0/s1. The van der Waals surface area contributed by atoms with E-state index in [1.54, 1.807) is 22.1 Å². The number of aliphatic hydroxyl groups excluding tert-OH is 1. The van der Waals surface area contributed by atoms with Gasteiger partial charge < -0.3 is 26.6 Å². The van der Waals surface area contributed by atoms with Crippen LogP contribution in [-0.2, 0) is 4.74 Å². The van der Waals surface area contributed by atoms with Crippen molar-refractivity contribution in [1.82, 2.24) is 5.32 Å². The first kappa shape index (κ1) is 30.4. The van der Waals surface area contributed by atoms with E-state index in [-0.39, 0.29) is 35.4 Å². The van der Waals surface area contributed by atoms with Crippen molar-refractivity contribution >= 4 is 10.8 Å². The smallest absolute Gasteiger partial charge is 0.0934 e. The molecule has 7 fully saturated rings. The summed E-state index contributed by atoms with van der Waals surface area (Å²) in [5.41, 5.74) is 20.1. The highest BCUT2D eigenvalue weighted by molar-refractivity contribution is 5.93. The lowest BCUT2D eigenvalue weighted by Gasteiger charge is -2.78. The Bertz CT molecular complexity index is 1770. The summed E-state index contributed by atoms with van der Waals surface area (Å²) in [6.07, 6.45) is 24.3. The average Bonchev–Trinajstić information content (AvgIpc) is 3.56. The Kier molecular flexibility index (Phi) is 6.36. The summed E-state index contributed by atoms with van der Waals surface area (Å²) in [6, 6.07) is 12.2. The van der Waals surface area contributed by atoms with Crippen LogP contribution in [0, 0.1) is 40.9 Å². The van der Waals surface area contributed by atoms with E-state index in [2.05, 4.69) is 60.9 Å². The first-order valence-electron chi connectivity index (χ1n) is 20.4. The molecule has 5 saturated carbocycles. The molecule has 260 valence electrons. The molecular weight excluding hydrogens is 603 g/mol. The summed E-state index contributed by atoms with van der Waals surface area (Å²) >= 11 is 0. The van der Waals surface area contributed by atoms with Crippen molar-refractivity contribution in [2.24, 2.45) is 52.4 Å². The Morgan fingerprint density at radius 2 is 1.78 bits per heavy atom. The van der Waals surface area contributed by atoms with Crippen molar-refractivity contribution < 1.29 is 9.84 Å². The third kappa shape index (κ3) is 3.77. The van der Waals surface area contributed by atoms with Crippen LogP contribution in [0.2, 0.25) is 0 Å². The average molecular weight is 660 g/mol. The zero-order valence-corrected chi connectivity index (χ0v) is 29.5. The second-order valence-electron chi connectivity index (χ2n) is 19.0. The van der Waals surface area contributed by atoms with Gasteiger partial charge in [-0.25, -0.2) is 0 Å². The summed E-state index contributed by atoms with van der Waals surface area (Å²) < 4.78 is 8.28. The van der Waals surface area contributed by atoms with Gasteiger partial charge in [0.1, 0.15) is 0 Å². The molecule has 0 amide bonds. The highest BCUT2D eigenvalue weighted by Gasteiger charge is 2.78. The summed E-state index contributed by atoms with van der Waals surface area (Å²) in [5, 5.41) is 17.5. The predicted molar refractivity (Wildman–Crippen MR) is 195 cm³/mol. The van der Waals surface area contributed by atoms with Crippen molar-refractivity contribution in [3.63, 3.8) is 0 Å². The van der Waals surface area contributed by atoms with Crippen LogP contribution in [0.1, 0.15) is 131 Å². The fourth-order valence-corrected chi connectivity index (χ4v) is 15.8. The molecule has 10 aliphatic rings. The molecular formula is C44H57N3O2. The number of benzene rings is 2. The molecule has 2 spiro atoms. The zero-order valence-electron chi connectivity index (χ0n) is 29.5. The van der Waals surface area contributed by atoms with Gasteiger partial charge in [-0.3, -0.25) is 0 Å². The third-order valence-electron chi connectivity index (χ3n) is 17.2. The number of fused-ring (bicyclic) bond motifs is 1. The van der Waals surface area contributed by atoms with Gasteiger partial charge >= 0.3 is 0 Å². The third-order valence-corrected chi connectivity index (χ3v) is 17.2. The highest BCUT2D eigenvalue weighted by Crippen LogP contribution is 2.78. The first-order chi connectivity index (χ1) is 23.8. The summed E-state index contributed by atoms with van der Waals surface area (Å²) in [4.78, 5) is 0. The molecule has 2 saturated heterocycles. The maximum atomic E-state index is 11.0. The van der Waals surface area contributed by atoms with Crippen LogP contribution in [0.25, 0.3) is 10.8 Å². The van der Waals surface area contributed by atoms with Gasteiger partial charge in [0.05, 0.1) is 17.4 Å². The van der Waals surface area contributed by atoms with Gasteiger partial charge in [0.25, 0.3) is 0 Å². The second kappa shape index (κ2) is 10.2. The van der Waals surface area contributed by atoms with E-state index in [0.29, 0.717) is 52.8 Å². The second-order valence-corrected chi connectivity index (χ2v) is 19.0. The molecule has 5 heteroatoms. The lowest BCUT2D eigenvalue weighted by Crippen LogP contribution is -2.83. The molecule has 12 rings (SSSR count). The normalized spacial score (nSPS) is 47.2. The van der Waals surface area contributed by atoms with E-state index in [0.717, 1.165) is 12.8 Å². The van der Waals surface area contributed by atoms with Crippen molar-refractivity contribution in [1.29, 1.82) is 0 Å². The van der Waals surface area contributed by atoms with Crippen LogP contribution >= 0.6 is 0 Å². The van der Waals surface area contributed by atoms with Gasteiger partial charge in [-0.15, -0.1) is 0 Å². The molecule has 5 nitrogen and oxygen atoms in total. The van der Waals surface area contributed by atoms with Gasteiger partial charge in [-0.2, -0.15) is 0 Å². The van der Waals surface area contributed by atoms with Crippen LogP contribution in [-0.4, -0.2) is 34.6 Å². The molecule has 3 aliphatic heterocycles. The Labute approximate surface area is 292 Å². The molecule has 2 aromatic rings. The van der Waals surface area contributed by atoms with Gasteiger partial charge in [-0.05, 0) is 139 Å². The Hall–Kier alpha value is -2.18. The lowest BCUT2D eigenvalue weighted by molar-refractivity contribution is -0.360. The molecule has 0 aromatic heterocycles. The van der Waals surface area contributed by atoms with Crippen LogP contribution in [0.3, 0.4) is 0 Å². The molecule has 4 bridgehead atoms. The molecule has 12 atom stereocenters. The largest absolute Gasteiger partial charge is 0.396 e. The Balaban J connectivity index is 1.19. The number of hydrogen-bond donors (Lipinski definition) is 4. The SMILES string of the molecule is C[C@]1(C2CCCCC2)O[C@]23C[C@@]4(N)[C@H](CO)CC[C@H]([C@H]41)[C@@H]2c1ccc2cccc4c2c1[C@H]1[C@@H](CC2(CCCC2)C[C@H]13)[C@H]4C1=CNC(N)C=C1. The minimum atomic E-state index is -0.378. The van der Waals surface area contributed by atoms with Gasteiger partial charge in [0.2, 0.25) is 0 Å². The molecule has 0 radical (unpaired) electrons. The summed E-state index contributed by atoms with van der Waals surface area (Å²) in [6.45, 7) is 2.75. The minimum Gasteiger partial charge on any atom is -0.396 e. The number of allylic oxidation sites excluding steroid dienone is 2. The van der Waals surface area contributed by atoms with Crippen molar-refractivity contribution in [3.05, 3.63) is 70.9 Å². The topological polar surface area (TPSA) is 93.5 Å². The van der Waals surface area contributed by atoms with Crippen molar-refractivity contribution in [2.75, 3.05) is 6.61 Å². The van der Waals surface area contributed by atoms with Gasteiger partial charge in [-0.1, -0.05) is 68.5 Å². The number of rotatable bonds is 3. The predicted octanol–water partition coefficient (Wildman–Crippen LogP) is 7.88. The Morgan fingerprint density at radius 1 is 0.939 bits per heavy atom. The Morgan fingerprint density at radius 3 is 2.55 bits per heavy atom. The fraction of sp³-hybridized carbons (Fsp3) is 0.682. The highest BCUT2D eigenvalue weighted by atomic mass is 16.5. The number of ether oxygens (including phenoxy) is 1. The van der Waals surface area contributed by atoms with Gasteiger partial charge in [0.15, 0.2) is 0 Å². The van der Waals surface area contributed by atoms with Crippen molar-refractivity contribution in [2.45, 2.75) is 137 Å². The van der Waals surface area contributed by atoms with Crippen molar-refractivity contribution in [3.8, 4) is 0 Å². The molecule has 7 aliphatic carbocycles. The molecule has 3 heterocycles. The summed E-state index contributed by atoms with van der Waals surface area (Å²) in [5.74, 6) is 3.66. The van der Waals surface area contributed by atoms with E-state index in [1.807, 2.05) is 0 Å². The van der Waals surface area contributed by atoms with E-state index < -0.39 is 0 Å². The van der Waals surface area contributed by atoms with Crippen LogP contribution in [0.4, 0.5) is 0 Å². The number of dihydropyridines is 1. The zero-order chi connectivity index (χ0) is 32.9. The molecule has 49 heavy (non-hydrogen) atoms. The number of aliphatic hydroxyl groups is 1. The van der Waals surface area contributed by atoms with E-state index in [1.165, 1.54) is 88.0 Å². The first-order valence-corrected chi connectivity index (χ1v) is 20.4. The lowest BCUT2D eigenvalue weighted by atomic mass is 9.34. The van der Waals surface area contributed by atoms with Crippen LogP contribution in [0.5, 0.6) is 0 Å². The van der Waals surface area contributed by atoms with E-state index in [9.17, 15) is 5.11 Å². The number of nitrogens with two attached hydrogens (primary N) is 2. The van der Waals surface area contributed by atoms with Gasteiger partial charge in [0, 0.05) is 42.0 Å². The fourth-order valence-electron chi connectivity index (χ4n) is 15.8. The minimum absolute atomic E-state index is 0.125. The quantitative estimate of drug-likeness (QED) is 0.269. The monoisotopic (exact) mass is 659 g/mol. The van der Waals surface area contributed by atoms with E-state index >= 15 is 0 Å². The van der Waals surface area contributed by atoms with Crippen LogP contribution in [0.15, 0.2) is 54.3 Å². The molecule has 2 aromatic carbocycles. The summed E-state index contributed by atoms with van der Waals surface area (Å²) in [7, 11) is 0. The number of hydrogen-bond acceptors (Lipinski definition) is 5. The number of nitrogens with one attached hydrogen (secondary N) is 1. The van der Waals surface area contributed by atoms with Crippen LogP contribution < -0.4 is 16.8 Å². The maximum absolute atomic E-state index is 11.0. The van der Waals surface area contributed by atoms with E-state index in [4.69, 9.17) is 16.2 Å². The molecule has 6 N–H and O–H groups in total. The maximum Gasteiger partial charge on any atom is 0.0934 e.